The van der Waals surface area contributed by atoms with Crippen molar-refractivity contribution in [3.05, 3.63) is 52.7 Å². The van der Waals surface area contributed by atoms with Crippen LogP contribution < -0.4 is 5.32 Å². The Morgan fingerprint density at radius 2 is 2.03 bits per heavy atom. The fourth-order valence-electron chi connectivity index (χ4n) is 4.10. The highest BCUT2D eigenvalue weighted by molar-refractivity contribution is 5.71. The second-order valence-corrected chi connectivity index (χ2v) is 7.91. The molecule has 2 aromatic rings. The van der Waals surface area contributed by atoms with Crippen LogP contribution in [0.4, 0.5) is 11.4 Å². The minimum absolute atomic E-state index is 0.0818. The smallest absolute Gasteiger partial charge is 0.292 e. The number of anilines is 1. The molecule has 2 heterocycles. The van der Waals surface area contributed by atoms with Gasteiger partial charge in [-0.2, -0.15) is 0 Å². The number of pyridine rings is 1. The molecule has 1 aromatic carbocycles. The molecule has 0 radical (unpaired) electrons. The minimum atomic E-state index is -0.342. The van der Waals surface area contributed by atoms with E-state index < -0.39 is 0 Å². The first-order valence-electron chi connectivity index (χ1n) is 11.0. The Bertz CT molecular complexity index is 800. The number of unbranched alkanes of at least 4 members (excludes halogenated alkanes) is 3. The SMILES string of the molecule is O=[N+]([O-])c1cc(-c2ccccn2)ccc1NCCCCCCN1CCCC[C@@H]1CO. The number of aromatic nitrogens is 1. The van der Waals surface area contributed by atoms with E-state index >= 15 is 0 Å². The molecule has 1 aliphatic heterocycles. The van der Waals surface area contributed by atoms with Gasteiger partial charge in [0, 0.05) is 30.4 Å². The Morgan fingerprint density at radius 1 is 1.17 bits per heavy atom. The highest BCUT2D eigenvalue weighted by Gasteiger charge is 2.20. The summed E-state index contributed by atoms with van der Waals surface area (Å²) in [7, 11) is 0. The molecule has 1 fully saturated rings. The molecule has 1 saturated heterocycles. The van der Waals surface area contributed by atoms with Crippen LogP contribution in [0.15, 0.2) is 42.6 Å². The van der Waals surface area contributed by atoms with Crippen LogP contribution in [0.25, 0.3) is 11.3 Å². The largest absolute Gasteiger partial charge is 0.395 e. The summed E-state index contributed by atoms with van der Waals surface area (Å²) in [5, 5.41) is 24.2. The molecule has 1 aliphatic rings. The molecule has 30 heavy (non-hydrogen) atoms. The Balaban J connectivity index is 1.42. The predicted octanol–water partition coefficient (Wildman–Crippen LogP) is 4.48. The van der Waals surface area contributed by atoms with E-state index in [4.69, 9.17) is 0 Å². The molecule has 0 saturated carbocycles. The van der Waals surface area contributed by atoms with Gasteiger partial charge in [0.05, 0.1) is 17.2 Å². The van der Waals surface area contributed by atoms with Crippen LogP contribution in [0.5, 0.6) is 0 Å². The molecule has 7 heteroatoms. The van der Waals surface area contributed by atoms with Crippen molar-refractivity contribution in [2.45, 2.75) is 51.0 Å². The van der Waals surface area contributed by atoms with Crippen LogP contribution in [0.1, 0.15) is 44.9 Å². The van der Waals surface area contributed by atoms with Gasteiger partial charge < -0.3 is 10.4 Å². The first-order chi connectivity index (χ1) is 14.7. The summed E-state index contributed by atoms with van der Waals surface area (Å²) >= 11 is 0. The van der Waals surface area contributed by atoms with Gasteiger partial charge in [0.15, 0.2) is 0 Å². The van der Waals surface area contributed by atoms with Gasteiger partial charge in [-0.25, -0.2) is 0 Å². The van der Waals surface area contributed by atoms with Crippen molar-refractivity contribution in [2.75, 3.05) is 31.6 Å². The first kappa shape index (κ1) is 22.2. The van der Waals surface area contributed by atoms with Gasteiger partial charge in [-0.3, -0.25) is 20.0 Å². The van der Waals surface area contributed by atoms with Gasteiger partial charge in [-0.1, -0.05) is 31.4 Å². The average molecular weight is 413 g/mol. The van der Waals surface area contributed by atoms with E-state index in [0.29, 0.717) is 18.3 Å². The second-order valence-electron chi connectivity index (χ2n) is 7.91. The lowest BCUT2D eigenvalue weighted by molar-refractivity contribution is -0.383. The van der Waals surface area contributed by atoms with Gasteiger partial charge in [-0.15, -0.1) is 0 Å². The predicted molar refractivity (Wildman–Crippen MR) is 120 cm³/mol. The maximum Gasteiger partial charge on any atom is 0.292 e. The first-order valence-corrected chi connectivity index (χ1v) is 11.0. The molecule has 2 N–H and O–H groups in total. The number of rotatable bonds is 11. The average Bonchev–Trinajstić information content (AvgIpc) is 2.79. The number of hydrogen-bond acceptors (Lipinski definition) is 6. The number of nitrogens with one attached hydrogen (secondary N) is 1. The standard InChI is InChI=1S/C23H32N4O3/c28-18-20-9-4-8-16-26(20)15-7-2-1-5-13-25-22-12-11-19(17-23(22)27(29)30)21-10-3-6-14-24-21/h3,6,10-12,14,17,20,25,28H,1-2,4-5,7-9,13,15-16,18H2/t20-/m1/s1. The summed E-state index contributed by atoms with van der Waals surface area (Å²) in [6.07, 6.45) is 9.58. The summed E-state index contributed by atoms with van der Waals surface area (Å²) in [6, 6.07) is 11.1. The summed E-state index contributed by atoms with van der Waals surface area (Å²) < 4.78 is 0. The van der Waals surface area contributed by atoms with E-state index in [0.717, 1.165) is 56.5 Å². The van der Waals surface area contributed by atoms with Crippen LogP contribution in [0.2, 0.25) is 0 Å². The second kappa shape index (κ2) is 11.6. The van der Waals surface area contributed by atoms with Crippen LogP contribution in [-0.4, -0.2) is 52.2 Å². The third-order valence-electron chi connectivity index (χ3n) is 5.80. The number of nitro groups is 1. The topological polar surface area (TPSA) is 91.5 Å². The lowest BCUT2D eigenvalue weighted by Gasteiger charge is -2.34. The zero-order chi connectivity index (χ0) is 21.2. The van der Waals surface area contributed by atoms with Crippen LogP contribution in [0, 0.1) is 10.1 Å². The van der Waals surface area contributed by atoms with Crippen molar-refractivity contribution < 1.29 is 10.0 Å². The molecule has 7 nitrogen and oxygen atoms in total. The molecular weight excluding hydrogens is 380 g/mol. The minimum Gasteiger partial charge on any atom is -0.395 e. The fourth-order valence-corrected chi connectivity index (χ4v) is 4.10. The lowest BCUT2D eigenvalue weighted by Crippen LogP contribution is -2.42. The number of likely N-dealkylation sites (tertiary alicyclic amines) is 1. The van der Waals surface area contributed by atoms with Crippen LogP contribution >= 0.6 is 0 Å². The zero-order valence-electron chi connectivity index (χ0n) is 17.5. The monoisotopic (exact) mass is 412 g/mol. The van der Waals surface area contributed by atoms with Crippen molar-refractivity contribution in [3.8, 4) is 11.3 Å². The van der Waals surface area contributed by atoms with Crippen molar-refractivity contribution in [1.29, 1.82) is 0 Å². The number of benzene rings is 1. The maximum absolute atomic E-state index is 11.5. The summed E-state index contributed by atoms with van der Waals surface area (Å²) in [5.41, 5.74) is 2.10. The van der Waals surface area contributed by atoms with Crippen molar-refractivity contribution >= 4 is 11.4 Å². The quantitative estimate of drug-likeness (QED) is 0.321. The fraction of sp³-hybridized carbons (Fsp3) is 0.522. The Hall–Kier alpha value is -2.51. The number of hydrogen-bond donors (Lipinski definition) is 2. The van der Waals surface area contributed by atoms with E-state index in [-0.39, 0.29) is 17.2 Å². The number of nitro benzene ring substituents is 1. The van der Waals surface area contributed by atoms with Gasteiger partial charge in [0.2, 0.25) is 0 Å². The Morgan fingerprint density at radius 3 is 2.80 bits per heavy atom. The third kappa shape index (κ3) is 6.24. The van der Waals surface area contributed by atoms with Gasteiger partial charge in [0.25, 0.3) is 5.69 Å². The lowest BCUT2D eigenvalue weighted by atomic mass is 10.0. The number of aliphatic hydroxyl groups excluding tert-OH is 1. The molecule has 0 spiro atoms. The van der Waals surface area contributed by atoms with Gasteiger partial charge in [0.1, 0.15) is 5.69 Å². The van der Waals surface area contributed by atoms with Crippen molar-refractivity contribution in [1.82, 2.24) is 9.88 Å². The molecule has 162 valence electrons. The van der Waals surface area contributed by atoms with E-state index in [1.165, 1.54) is 12.8 Å². The number of piperidine rings is 1. The molecule has 0 bridgehead atoms. The van der Waals surface area contributed by atoms with Crippen molar-refractivity contribution in [2.24, 2.45) is 0 Å². The Labute approximate surface area is 178 Å². The molecule has 1 atom stereocenters. The summed E-state index contributed by atoms with van der Waals surface area (Å²) in [4.78, 5) is 17.9. The molecular formula is C23H32N4O3. The van der Waals surface area contributed by atoms with E-state index in [1.807, 2.05) is 24.3 Å². The zero-order valence-corrected chi connectivity index (χ0v) is 17.5. The van der Waals surface area contributed by atoms with Crippen molar-refractivity contribution in [3.63, 3.8) is 0 Å². The summed E-state index contributed by atoms with van der Waals surface area (Å²) in [5.74, 6) is 0. The molecule has 1 aromatic heterocycles. The molecule has 0 amide bonds. The van der Waals surface area contributed by atoms with E-state index in [1.54, 1.807) is 18.3 Å². The van der Waals surface area contributed by atoms with Crippen LogP contribution in [-0.2, 0) is 0 Å². The molecule has 0 unspecified atom stereocenters. The molecule has 3 rings (SSSR count). The van der Waals surface area contributed by atoms with E-state index in [9.17, 15) is 15.2 Å². The van der Waals surface area contributed by atoms with E-state index in [2.05, 4.69) is 15.2 Å². The number of nitrogens with zero attached hydrogens (tertiary/aromatic N) is 3. The van der Waals surface area contributed by atoms with Crippen LogP contribution in [0.3, 0.4) is 0 Å². The molecule has 0 aliphatic carbocycles. The van der Waals surface area contributed by atoms with Gasteiger partial charge >= 0.3 is 0 Å². The highest BCUT2D eigenvalue weighted by Crippen LogP contribution is 2.30. The maximum atomic E-state index is 11.5. The highest BCUT2D eigenvalue weighted by atomic mass is 16.6. The normalized spacial score (nSPS) is 17.0. The Kier molecular flexibility index (Phi) is 8.59. The third-order valence-corrected chi connectivity index (χ3v) is 5.80. The van der Waals surface area contributed by atoms with Gasteiger partial charge in [-0.05, 0) is 57.0 Å². The summed E-state index contributed by atoms with van der Waals surface area (Å²) in [6.45, 7) is 3.14. The number of aliphatic hydroxyl groups is 1.